The van der Waals surface area contributed by atoms with Crippen LogP contribution < -0.4 is 10.6 Å². The van der Waals surface area contributed by atoms with Crippen LogP contribution in [0.5, 0.6) is 0 Å². The topological polar surface area (TPSA) is 69.2 Å². The zero-order valence-electron chi connectivity index (χ0n) is 17.0. The highest BCUT2D eigenvalue weighted by molar-refractivity contribution is 7.10. The maximum atomic E-state index is 11.8. The molecule has 0 spiro atoms. The van der Waals surface area contributed by atoms with Crippen molar-refractivity contribution < 1.29 is 9.53 Å². The Hall–Kier alpha value is -1.80. The van der Waals surface area contributed by atoms with E-state index in [9.17, 15) is 4.79 Å². The highest BCUT2D eigenvalue weighted by Crippen LogP contribution is 2.27. The summed E-state index contributed by atoms with van der Waals surface area (Å²) in [6, 6.07) is 5.08. The second-order valence-electron chi connectivity index (χ2n) is 7.33. The molecule has 2 aliphatic heterocycles. The molecule has 7 nitrogen and oxygen atoms in total. The van der Waals surface area contributed by atoms with Gasteiger partial charge < -0.3 is 20.3 Å². The monoisotopic (exact) mass is 407 g/mol. The van der Waals surface area contributed by atoms with Crippen LogP contribution in [0, 0.1) is 0 Å². The van der Waals surface area contributed by atoms with E-state index in [4.69, 9.17) is 4.74 Å². The van der Waals surface area contributed by atoms with Crippen molar-refractivity contribution in [2.75, 3.05) is 46.4 Å². The Kier molecular flexibility index (Phi) is 7.97. The zero-order chi connectivity index (χ0) is 19.8. The molecule has 1 aromatic heterocycles. The smallest absolute Gasteiger partial charge is 0.409 e. The number of amides is 1. The number of hydrogen-bond acceptors (Lipinski definition) is 5. The molecular formula is C20H33N5O2S. The lowest BCUT2D eigenvalue weighted by atomic mass is 10.1. The van der Waals surface area contributed by atoms with Gasteiger partial charge in [0.25, 0.3) is 0 Å². The van der Waals surface area contributed by atoms with Gasteiger partial charge in [-0.3, -0.25) is 9.89 Å². The normalized spacial score (nSPS) is 20.2. The molecule has 2 aliphatic rings. The minimum absolute atomic E-state index is 0.201. The van der Waals surface area contributed by atoms with Gasteiger partial charge in [0.2, 0.25) is 0 Å². The highest BCUT2D eigenvalue weighted by Gasteiger charge is 2.26. The predicted octanol–water partition coefficient (Wildman–Crippen LogP) is 2.67. The van der Waals surface area contributed by atoms with Gasteiger partial charge in [-0.05, 0) is 57.1 Å². The summed E-state index contributed by atoms with van der Waals surface area (Å²) < 4.78 is 5.09. The molecule has 28 heavy (non-hydrogen) atoms. The fourth-order valence-electron chi connectivity index (χ4n) is 3.95. The number of guanidine groups is 1. The standard InChI is InChI=1S/C20H33N5O2S/c1-3-27-20(26)25-12-8-16(9-13-25)23-19(21-2)22-15-17(18-7-6-14-28-18)24-10-4-5-11-24/h6-7,14,16-17H,3-5,8-13,15H2,1-2H3,(H2,21,22,23). The number of nitrogens with one attached hydrogen (secondary N) is 2. The predicted molar refractivity (Wildman–Crippen MR) is 114 cm³/mol. The average molecular weight is 408 g/mol. The Morgan fingerprint density at radius 3 is 2.68 bits per heavy atom. The van der Waals surface area contributed by atoms with Crippen LogP contribution >= 0.6 is 11.3 Å². The van der Waals surface area contributed by atoms with E-state index in [2.05, 4.69) is 38.0 Å². The molecule has 0 aromatic carbocycles. The summed E-state index contributed by atoms with van der Waals surface area (Å²) >= 11 is 1.83. The quantitative estimate of drug-likeness (QED) is 0.560. The minimum Gasteiger partial charge on any atom is -0.450 e. The molecule has 156 valence electrons. The maximum Gasteiger partial charge on any atom is 0.409 e. The molecule has 0 bridgehead atoms. The van der Waals surface area contributed by atoms with E-state index in [-0.39, 0.29) is 6.09 Å². The number of nitrogens with zero attached hydrogens (tertiary/aromatic N) is 3. The van der Waals surface area contributed by atoms with Gasteiger partial charge in [0.15, 0.2) is 5.96 Å². The van der Waals surface area contributed by atoms with Crippen molar-refractivity contribution in [2.24, 2.45) is 4.99 Å². The Bertz CT molecular complexity index is 623. The summed E-state index contributed by atoms with van der Waals surface area (Å²) in [5, 5.41) is 9.22. The van der Waals surface area contributed by atoms with Crippen molar-refractivity contribution in [2.45, 2.75) is 44.7 Å². The molecule has 0 aliphatic carbocycles. The molecule has 1 atom stereocenters. The van der Waals surface area contributed by atoms with Gasteiger partial charge in [-0.25, -0.2) is 4.79 Å². The summed E-state index contributed by atoms with van der Waals surface area (Å²) in [6.45, 7) is 6.90. The van der Waals surface area contributed by atoms with Gasteiger partial charge in [-0.15, -0.1) is 11.3 Å². The lowest BCUT2D eigenvalue weighted by Crippen LogP contribution is -2.50. The first-order valence-electron chi connectivity index (χ1n) is 10.4. The molecule has 8 heteroatoms. The number of carbonyl (C=O) groups is 1. The Balaban J connectivity index is 1.48. The second kappa shape index (κ2) is 10.7. The largest absolute Gasteiger partial charge is 0.450 e. The maximum absolute atomic E-state index is 11.8. The molecule has 2 fully saturated rings. The molecule has 1 aromatic rings. The fraction of sp³-hybridized carbons (Fsp3) is 0.700. The molecule has 2 saturated heterocycles. The third-order valence-corrected chi connectivity index (χ3v) is 6.47. The number of ether oxygens (including phenoxy) is 1. The van der Waals surface area contributed by atoms with E-state index < -0.39 is 0 Å². The van der Waals surface area contributed by atoms with Crippen LogP contribution in [-0.4, -0.2) is 74.3 Å². The van der Waals surface area contributed by atoms with Crippen LogP contribution in [0.15, 0.2) is 22.5 Å². The van der Waals surface area contributed by atoms with E-state index in [1.54, 1.807) is 4.90 Å². The number of aliphatic imine (C=N–C) groups is 1. The number of piperidine rings is 1. The molecule has 1 amide bonds. The van der Waals surface area contributed by atoms with E-state index >= 15 is 0 Å². The van der Waals surface area contributed by atoms with E-state index in [1.165, 1.54) is 30.8 Å². The van der Waals surface area contributed by atoms with Gasteiger partial charge in [-0.1, -0.05) is 6.07 Å². The lowest BCUT2D eigenvalue weighted by molar-refractivity contribution is 0.0963. The Morgan fingerprint density at radius 1 is 1.32 bits per heavy atom. The van der Waals surface area contributed by atoms with Gasteiger partial charge in [-0.2, -0.15) is 0 Å². The van der Waals surface area contributed by atoms with E-state index in [0.717, 1.165) is 38.4 Å². The van der Waals surface area contributed by atoms with Crippen LogP contribution in [-0.2, 0) is 4.74 Å². The summed E-state index contributed by atoms with van der Waals surface area (Å²) in [5.41, 5.74) is 0. The van der Waals surface area contributed by atoms with E-state index in [1.807, 2.05) is 25.3 Å². The molecule has 1 unspecified atom stereocenters. The first-order chi connectivity index (χ1) is 13.7. The lowest BCUT2D eigenvalue weighted by Gasteiger charge is -2.33. The Labute approximate surface area is 172 Å². The Morgan fingerprint density at radius 2 is 2.07 bits per heavy atom. The molecular weight excluding hydrogens is 374 g/mol. The minimum atomic E-state index is -0.201. The summed E-state index contributed by atoms with van der Waals surface area (Å²) in [5.74, 6) is 0.843. The van der Waals surface area contributed by atoms with E-state index in [0.29, 0.717) is 18.7 Å². The van der Waals surface area contributed by atoms with Crippen LogP contribution in [0.2, 0.25) is 0 Å². The van der Waals surface area contributed by atoms with Crippen molar-refractivity contribution in [1.29, 1.82) is 0 Å². The molecule has 3 heterocycles. The van der Waals surface area contributed by atoms with Gasteiger partial charge in [0.1, 0.15) is 0 Å². The SMILES string of the molecule is CCOC(=O)N1CCC(NC(=NC)NCC(c2cccs2)N2CCCC2)CC1. The highest BCUT2D eigenvalue weighted by atomic mass is 32.1. The van der Waals surface area contributed by atoms with Crippen LogP contribution in [0.1, 0.15) is 43.5 Å². The molecule has 3 rings (SSSR count). The third kappa shape index (κ3) is 5.61. The first-order valence-corrected chi connectivity index (χ1v) is 11.3. The second-order valence-corrected chi connectivity index (χ2v) is 8.31. The van der Waals surface area contributed by atoms with Gasteiger partial charge in [0, 0.05) is 37.6 Å². The van der Waals surface area contributed by atoms with Crippen molar-refractivity contribution in [3.05, 3.63) is 22.4 Å². The third-order valence-electron chi connectivity index (χ3n) is 5.50. The molecule has 0 saturated carbocycles. The van der Waals surface area contributed by atoms with Crippen LogP contribution in [0.4, 0.5) is 4.79 Å². The van der Waals surface area contributed by atoms with Gasteiger partial charge in [0.05, 0.1) is 12.6 Å². The number of rotatable bonds is 6. The van der Waals surface area contributed by atoms with Gasteiger partial charge >= 0.3 is 6.09 Å². The average Bonchev–Trinajstić information content (AvgIpc) is 3.43. The number of carbonyl (C=O) groups excluding carboxylic acids is 1. The summed E-state index contributed by atoms with van der Waals surface area (Å²) in [4.78, 5) is 22.0. The van der Waals surface area contributed by atoms with Crippen molar-refractivity contribution >= 4 is 23.4 Å². The summed E-state index contributed by atoms with van der Waals surface area (Å²) in [7, 11) is 1.82. The summed E-state index contributed by atoms with van der Waals surface area (Å²) in [6.07, 6.45) is 4.18. The van der Waals surface area contributed by atoms with Crippen molar-refractivity contribution in [3.8, 4) is 0 Å². The number of hydrogen-bond donors (Lipinski definition) is 2. The van der Waals surface area contributed by atoms with Crippen LogP contribution in [0.25, 0.3) is 0 Å². The number of thiophene rings is 1. The zero-order valence-corrected chi connectivity index (χ0v) is 17.8. The fourth-order valence-corrected chi connectivity index (χ4v) is 4.81. The first kappa shape index (κ1) is 20.9. The molecule has 2 N–H and O–H groups in total. The van der Waals surface area contributed by atoms with Crippen molar-refractivity contribution in [1.82, 2.24) is 20.4 Å². The molecule has 0 radical (unpaired) electrons. The number of likely N-dealkylation sites (tertiary alicyclic amines) is 2. The van der Waals surface area contributed by atoms with Crippen LogP contribution in [0.3, 0.4) is 0 Å². The van der Waals surface area contributed by atoms with Crippen molar-refractivity contribution in [3.63, 3.8) is 0 Å².